The standard InChI is InChI=1S/C11H18F3NO2/c1-2-17-10(16)8(7-5-3-4-6-7)9(15)11(12,13)14/h7-9H,2-6,15H2,1H3/t8-,9-/m0/s1. The Hall–Kier alpha value is -0.780. The highest BCUT2D eigenvalue weighted by Gasteiger charge is 2.49. The summed E-state index contributed by atoms with van der Waals surface area (Å²) in [6.07, 6.45) is -1.61. The molecule has 2 atom stereocenters. The van der Waals surface area contributed by atoms with Crippen LogP contribution in [0, 0.1) is 11.8 Å². The molecule has 0 spiro atoms. The Kier molecular flexibility index (Phi) is 4.80. The van der Waals surface area contributed by atoms with E-state index in [-0.39, 0.29) is 12.5 Å². The fourth-order valence-electron chi connectivity index (χ4n) is 2.39. The summed E-state index contributed by atoms with van der Waals surface area (Å²) in [5, 5.41) is 0. The van der Waals surface area contributed by atoms with Crippen LogP contribution in [0.1, 0.15) is 32.6 Å². The topological polar surface area (TPSA) is 52.3 Å². The van der Waals surface area contributed by atoms with Crippen LogP contribution in [-0.4, -0.2) is 24.8 Å². The first-order valence-corrected chi connectivity index (χ1v) is 5.86. The monoisotopic (exact) mass is 253 g/mol. The number of alkyl halides is 3. The van der Waals surface area contributed by atoms with Crippen molar-refractivity contribution >= 4 is 5.97 Å². The molecule has 0 bridgehead atoms. The summed E-state index contributed by atoms with van der Waals surface area (Å²) in [6.45, 7) is 1.65. The molecule has 17 heavy (non-hydrogen) atoms. The Balaban J connectivity index is 2.81. The maximum Gasteiger partial charge on any atom is 0.404 e. The maximum absolute atomic E-state index is 12.6. The predicted molar refractivity (Wildman–Crippen MR) is 56.1 cm³/mol. The molecule has 0 saturated heterocycles. The van der Waals surface area contributed by atoms with Crippen LogP contribution < -0.4 is 5.73 Å². The molecule has 0 unspecified atom stereocenters. The number of hydrogen-bond donors (Lipinski definition) is 1. The van der Waals surface area contributed by atoms with Crippen molar-refractivity contribution in [3.63, 3.8) is 0 Å². The van der Waals surface area contributed by atoms with Gasteiger partial charge >= 0.3 is 12.1 Å². The summed E-state index contributed by atoms with van der Waals surface area (Å²) in [5.41, 5.74) is 5.18. The minimum Gasteiger partial charge on any atom is -0.466 e. The molecule has 0 aromatic heterocycles. The van der Waals surface area contributed by atoms with Gasteiger partial charge in [0.15, 0.2) is 0 Å². The molecule has 1 rings (SSSR count). The van der Waals surface area contributed by atoms with Gasteiger partial charge < -0.3 is 10.5 Å². The lowest BCUT2D eigenvalue weighted by Crippen LogP contribution is -2.50. The summed E-state index contributed by atoms with van der Waals surface area (Å²) in [6, 6.07) is -2.12. The Labute approximate surface area is 98.5 Å². The zero-order valence-corrected chi connectivity index (χ0v) is 9.80. The largest absolute Gasteiger partial charge is 0.466 e. The Morgan fingerprint density at radius 2 is 1.94 bits per heavy atom. The number of halogens is 3. The number of carbonyl (C=O) groups is 1. The van der Waals surface area contributed by atoms with E-state index in [9.17, 15) is 18.0 Å². The molecule has 0 heterocycles. The fourth-order valence-corrected chi connectivity index (χ4v) is 2.39. The van der Waals surface area contributed by atoms with Gasteiger partial charge in [0.05, 0.1) is 12.5 Å². The summed E-state index contributed by atoms with van der Waals surface area (Å²) >= 11 is 0. The van der Waals surface area contributed by atoms with Crippen molar-refractivity contribution in [3.05, 3.63) is 0 Å². The van der Waals surface area contributed by atoms with Crippen molar-refractivity contribution < 1.29 is 22.7 Å². The van der Waals surface area contributed by atoms with E-state index in [0.717, 1.165) is 12.8 Å². The number of rotatable bonds is 4. The van der Waals surface area contributed by atoms with Crippen molar-refractivity contribution in [3.8, 4) is 0 Å². The van der Waals surface area contributed by atoms with Crippen LogP contribution in [0.15, 0.2) is 0 Å². The second-order valence-electron chi connectivity index (χ2n) is 4.39. The van der Waals surface area contributed by atoms with Crippen LogP contribution >= 0.6 is 0 Å². The van der Waals surface area contributed by atoms with Gasteiger partial charge in [0.2, 0.25) is 0 Å². The molecule has 0 radical (unpaired) electrons. The second kappa shape index (κ2) is 5.71. The summed E-state index contributed by atoms with van der Waals surface area (Å²) in [4.78, 5) is 11.6. The molecule has 100 valence electrons. The molecule has 1 saturated carbocycles. The van der Waals surface area contributed by atoms with Crippen molar-refractivity contribution in [2.75, 3.05) is 6.61 Å². The van der Waals surface area contributed by atoms with Crippen molar-refractivity contribution in [1.82, 2.24) is 0 Å². The van der Waals surface area contributed by atoms with Gasteiger partial charge in [-0.1, -0.05) is 12.8 Å². The van der Waals surface area contributed by atoms with E-state index in [1.165, 1.54) is 0 Å². The highest BCUT2D eigenvalue weighted by Crippen LogP contribution is 2.37. The van der Waals surface area contributed by atoms with Gasteiger partial charge in [0.1, 0.15) is 6.04 Å². The Morgan fingerprint density at radius 3 is 2.35 bits per heavy atom. The normalized spacial score (nSPS) is 21.2. The van der Waals surface area contributed by atoms with Crippen LogP contribution in [0.5, 0.6) is 0 Å². The molecule has 0 aromatic rings. The Bertz CT molecular complexity index is 262. The third-order valence-corrected chi connectivity index (χ3v) is 3.23. The molecule has 1 fully saturated rings. The van der Waals surface area contributed by atoms with Crippen molar-refractivity contribution in [1.29, 1.82) is 0 Å². The molecule has 1 aliphatic carbocycles. The third-order valence-electron chi connectivity index (χ3n) is 3.23. The lowest BCUT2D eigenvalue weighted by Gasteiger charge is -2.28. The average molecular weight is 253 g/mol. The van der Waals surface area contributed by atoms with Crippen molar-refractivity contribution in [2.24, 2.45) is 17.6 Å². The molecule has 0 amide bonds. The minimum atomic E-state index is -4.56. The third kappa shape index (κ3) is 3.59. The van der Waals surface area contributed by atoms with Crippen LogP contribution in [0.4, 0.5) is 13.2 Å². The molecule has 3 nitrogen and oxygen atoms in total. The van der Waals surface area contributed by atoms with Crippen LogP contribution in [0.3, 0.4) is 0 Å². The first-order valence-electron chi connectivity index (χ1n) is 5.86. The number of carbonyl (C=O) groups excluding carboxylic acids is 1. The number of esters is 1. The molecular weight excluding hydrogens is 235 g/mol. The van der Waals surface area contributed by atoms with E-state index < -0.39 is 24.1 Å². The Morgan fingerprint density at radius 1 is 1.41 bits per heavy atom. The molecule has 1 aliphatic rings. The lowest BCUT2D eigenvalue weighted by molar-refractivity contribution is -0.180. The van der Waals surface area contributed by atoms with Gasteiger partial charge in [-0.05, 0) is 25.7 Å². The van der Waals surface area contributed by atoms with E-state index in [1.54, 1.807) is 6.92 Å². The van der Waals surface area contributed by atoms with Gasteiger partial charge in [-0.2, -0.15) is 13.2 Å². The van der Waals surface area contributed by atoms with Gasteiger partial charge in [0.25, 0.3) is 0 Å². The van der Waals surface area contributed by atoms with Gasteiger partial charge in [-0.25, -0.2) is 0 Å². The first-order chi connectivity index (χ1) is 7.88. The van der Waals surface area contributed by atoms with Crippen LogP contribution in [0.2, 0.25) is 0 Å². The second-order valence-corrected chi connectivity index (χ2v) is 4.39. The highest BCUT2D eigenvalue weighted by molar-refractivity contribution is 5.73. The predicted octanol–water partition coefficient (Wildman–Crippen LogP) is 2.25. The minimum absolute atomic E-state index is 0.0760. The SMILES string of the molecule is CCOC(=O)[C@@H](C1CCCC1)[C@H](N)C(F)(F)F. The van der Waals surface area contributed by atoms with E-state index >= 15 is 0 Å². The zero-order valence-electron chi connectivity index (χ0n) is 9.80. The highest BCUT2D eigenvalue weighted by atomic mass is 19.4. The smallest absolute Gasteiger partial charge is 0.404 e. The lowest BCUT2D eigenvalue weighted by atomic mass is 9.84. The number of ether oxygens (including phenoxy) is 1. The average Bonchev–Trinajstić information content (AvgIpc) is 2.70. The molecular formula is C11H18F3NO2. The first kappa shape index (κ1) is 14.3. The molecule has 0 aromatic carbocycles. The maximum atomic E-state index is 12.6. The summed E-state index contributed by atoms with van der Waals surface area (Å²) in [5.74, 6) is -2.37. The van der Waals surface area contributed by atoms with Gasteiger partial charge in [-0.3, -0.25) is 4.79 Å². The van der Waals surface area contributed by atoms with Gasteiger partial charge in [-0.15, -0.1) is 0 Å². The van der Waals surface area contributed by atoms with Gasteiger partial charge in [0, 0.05) is 0 Å². The van der Waals surface area contributed by atoms with Crippen LogP contribution in [-0.2, 0) is 9.53 Å². The summed E-state index contributed by atoms with van der Waals surface area (Å²) in [7, 11) is 0. The molecule has 6 heteroatoms. The van der Waals surface area contributed by atoms with E-state index in [0.29, 0.717) is 12.8 Å². The van der Waals surface area contributed by atoms with E-state index in [1.807, 2.05) is 0 Å². The quantitative estimate of drug-likeness (QED) is 0.782. The summed E-state index contributed by atoms with van der Waals surface area (Å²) < 4.78 is 42.6. The van der Waals surface area contributed by atoms with Crippen LogP contribution in [0.25, 0.3) is 0 Å². The number of hydrogen-bond acceptors (Lipinski definition) is 3. The fraction of sp³-hybridized carbons (Fsp3) is 0.909. The zero-order chi connectivity index (χ0) is 13.1. The molecule has 2 N–H and O–H groups in total. The van der Waals surface area contributed by atoms with Crippen molar-refractivity contribution in [2.45, 2.75) is 44.8 Å². The van der Waals surface area contributed by atoms with E-state index in [2.05, 4.69) is 0 Å². The van der Waals surface area contributed by atoms with E-state index in [4.69, 9.17) is 10.5 Å². The molecule has 0 aliphatic heterocycles. The number of nitrogens with two attached hydrogens (primary N) is 1.